The van der Waals surface area contributed by atoms with Gasteiger partial charge in [-0.1, -0.05) is 24.3 Å². The van der Waals surface area contributed by atoms with Crippen LogP contribution in [0.15, 0.2) is 54.9 Å². The topological polar surface area (TPSA) is 102 Å². The van der Waals surface area contributed by atoms with Gasteiger partial charge in [0.05, 0.1) is 11.2 Å². The van der Waals surface area contributed by atoms with E-state index < -0.39 is 0 Å². The van der Waals surface area contributed by atoms with Crippen LogP contribution in [0, 0.1) is 6.92 Å². The number of rotatable bonds is 5. The largest absolute Gasteiger partial charge is 0.454 e. The summed E-state index contributed by atoms with van der Waals surface area (Å²) in [7, 11) is 0. The van der Waals surface area contributed by atoms with Gasteiger partial charge in [0.25, 0.3) is 0 Å². The number of hydrogen-bond donors (Lipinski definition) is 2. The number of nitrogens with zero attached hydrogens (tertiary/aromatic N) is 5. The van der Waals surface area contributed by atoms with Gasteiger partial charge in [-0.2, -0.15) is 0 Å². The predicted octanol–water partition coefficient (Wildman–Crippen LogP) is 3.71. The van der Waals surface area contributed by atoms with Gasteiger partial charge in [-0.25, -0.2) is 9.97 Å². The van der Waals surface area contributed by atoms with E-state index in [0.29, 0.717) is 18.3 Å². The quantitative estimate of drug-likeness (QED) is 0.453. The van der Waals surface area contributed by atoms with Gasteiger partial charge in [-0.05, 0) is 36.8 Å². The zero-order chi connectivity index (χ0) is 23.8. The molecule has 2 aliphatic rings. The van der Waals surface area contributed by atoms with Gasteiger partial charge < -0.3 is 25.4 Å². The van der Waals surface area contributed by atoms with Crippen molar-refractivity contribution in [1.82, 2.24) is 19.9 Å². The first-order valence-electron chi connectivity index (χ1n) is 11.7. The summed E-state index contributed by atoms with van der Waals surface area (Å²) >= 11 is 0. The molecule has 6 rings (SSSR count). The predicted molar refractivity (Wildman–Crippen MR) is 136 cm³/mol. The maximum Gasteiger partial charge on any atom is 0.231 e. The van der Waals surface area contributed by atoms with Crippen LogP contribution in [0.4, 0.5) is 23.0 Å². The molecule has 1 fully saturated rings. The summed E-state index contributed by atoms with van der Waals surface area (Å²) in [5, 5.41) is 4.45. The number of anilines is 4. The van der Waals surface area contributed by atoms with Crippen LogP contribution in [0.2, 0.25) is 0 Å². The Balaban J connectivity index is 1.15. The molecule has 0 aliphatic carbocycles. The van der Waals surface area contributed by atoms with Gasteiger partial charge in [0.1, 0.15) is 12.0 Å². The van der Waals surface area contributed by atoms with Crippen LogP contribution in [0.5, 0.6) is 11.5 Å². The average Bonchev–Trinajstić information content (AvgIpc) is 3.34. The number of nitrogens with one attached hydrogen (secondary N) is 1. The molecule has 9 nitrogen and oxygen atoms in total. The van der Waals surface area contributed by atoms with Crippen LogP contribution >= 0.6 is 0 Å². The van der Waals surface area contributed by atoms with Gasteiger partial charge in [0, 0.05) is 43.8 Å². The van der Waals surface area contributed by atoms with Crippen molar-refractivity contribution in [3.05, 3.63) is 66.1 Å². The van der Waals surface area contributed by atoms with Crippen LogP contribution in [-0.4, -0.2) is 52.8 Å². The molecular formula is C26H27N7O2. The molecule has 2 aromatic carbocycles. The standard InChI is InChI=1S/C26H27N7O2/c1-17-5-7-19-3-2-4-20(24(19)30-17)31-25-23(27)26(29-15-28-25)33-11-9-32(10-12-33)14-18-6-8-21-22(13-18)35-16-34-21/h2-8,13,15H,9-12,14,16,27H2,1H3,(H,28,29,31). The number of fused-ring (bicyclic) bond motifs is 2. The van der Waals surface area contributed by atoms with E-state index in [0.717, 1.165) is 72.3 Å². The Labute approximate surface area is 203 Å². The van der Waals surface area contributed by atoms with Gasteiger partial charge in [-0.3, -0.25) is 9.88 Å². The Morgan fingerprint density at radius 1 is 0.971 bits per heavy atom. The lowest BCUT2D eigenvalue weighted by molar-refractivity contribution is 0.174. The monoisotopic (exact) mass is 469 g/mol. The van der Waals surface area contributed by atoms with Crippen molar-refractivity contribution in [1.29, 1.82) is 0 Å². The molecule has 178 valence electrons. The zero-order valence-electron chi connectivity index (χ0n) is 19.6. The van der Waals surface area contributed by atoms with E-state index >= 15 is 0 Å². The Morgan fingerprint density at radius 3 is 2.71 bits per heavy atom. The molecule has 4 aromatic rings. The van der Waals surface area contributed by atoms with Crippen molar-refractivity contribution in [3.63, 3.8) is 0 Å². The maximum absolute atomic E-state index is 6.56. The number of ether oxygens (including phenoxy) is 2. The zero-order valence-corrected chi connectivity index (χ0v) is 19.6. The number of pyridine rings is 1. The minimum Gasteiger partial charge on any atom is -0.454 e. The Morgan fingerprint density at radius 2 is 1.83 bits per heavy atom. The van der Waals surface area contributed by atoms with Crippen molar-refractivity contribution in [2.45, 2.75) is 13.5 Å². The number of hydrogen-bond acceptors (Lipinski definition) is 9. The normalized spacial score (nSPS) is 15.5. The maximum atomic E-state index is 6.56. The molecule has 0 saturated carbocycles. The van der Waals surface area contributed by atoms with Crippen molar-refractivity contribution in [2.75, 3.05) is 48.9 Å². The second-order valence-electron chi connectivity index (χ2n) is 8.87. The highest BCUT2D eigenvalue weighted by Gasteiger charge is 2.22. The number of benzene rings is 2. The summed E-state index contributed by atoms with van der Waals surface area (Å²) in [5.74, 6) is 2.99. The number of para-hydroxylation sites is 1. The molecular weight excluding hydrogens is 442 g/mol. The summed E-state index contributed by atoms with van der Waals surface area (Å²) in [6.07, 6.45) is 1.57. The number of aryl methyl sites for hydroxylation is 1. The minimum absolute atomic E-state index is 0.297. The number of nitrogens with two attached hydrogens (primary N) is 1. The van der Waals surface area contributed by atoms with Gasteiger partial charge in [0.15, 0.2) is 23.1 Å². The summed E-state index contributed by atoms with van der Waals surface area (Å²) in [5.41, 5.74) is 11.0. The van der Waals surface area contributed by atoms with E-state index in [4.69, 9.17) is 20.2 Å². The second kappa shape index (κ2) is 8.92. The molecule has 1 saturated heterocycles. The first kappa shape index (κ1) is 21.4. The third kappa shape index (κ3) is 4.26. The Kier molecular flexibility index (Phi) is 5.46. The van der Waals surface area contributed by atoms with E-state index in [1.54, 1.807) is 6.33 Å². The van der Waals surface area contributed by atoms with E-state index in [1.807, 2.05) is 37.3 Å². The van der Waals surface area contributed by atoms with Gasteiger partial charge >= 0.3 is 0 Å². The smallest absolute Gasteiger partial charge is 0.231 e. The van der Waals surface area contributed by atoms with Gasteiger partial charge in [-0.15, -0.1) is 0 Å². The number of aromatic nitrogens is 3. The van der Waals surface area contributed by atoms with E-state index in [2.05, 4.69) is 43.3 Å². The SMILES string of the molecule is Cc1ccc2cccc(Nc3ncnc(N4CCN(Cc5ccc6c(c5)OCO6)CC4)c3N)c2n1. The molecule has 4 heterocycles. The van der Waals surface area contributed by atoms with Crippen LogP contribution in [-0.2, 0) is 6.54 Å². The highest BCUT2D eigenvalue weighted by Crippen LogP contribution is 2.34. The number of piperazine rings is 1. The number of nitrogen functional groups attached to an aromatic ring is 1. The molecule has 0 bridgehead atoms. The lowest BCUT2D eigenvalue weighted by Crippen LogP contribution is -2.46. The molecule has 3 N–H and O–H groups in total. The Hall–Kier alpha value is -4.11. The molecule has 2 aliphatic heterocycles. The summed E-state index contributed by atoms with van der Waals surface area (Å²) in [6, 6.07) is 16.3. The highest BCUT2D eigenvalue weighted by atomic mass is 16.7. The lowest BCUT2D eigenvalue weighted by atomic mass is 10.1. The molecule has 35 heavy (non-hydrogen) atoms. The van der Waals surface area contributed by atoms with Crippen molar-refractivity contribution in [2.24, 2.45) is 0 Å². The average molecular weight is 470 g/mol. The van der Waals surface area contributed by atoms with Crippen LogP contribution in [0.3, 0.4) is 0 Å². The second-order valence-corrected chi connectivity index (χ2v) is 8.87. The minimum atomic E-state index is 0.297. The van der Waals surface area contributed by atoms with Crippen LogP contribution in [0.25, 0.3) is 10.9 Å². The highest BCUT2D eigenvalue weighted by molar-refractivity contribution is 5.93. The van der Waals surface area contributed by atoms with E-state index in [1.165, 1.54) is 5.56 Å². The molecule has 9 heteroatoms. The summed E-state index contributed by atoms with van der Waals surface area (Å²) in [6.45, 7) is 6.63. The summed E-state index contributed by atoms with van der Waals surface area (Å²) < 4.78 is 10.9. The first-order chi connectivity index (χ1) is 17.1. The van der Waals surface area contributed by atoms with E-state index in [9.17, 15) is 0 Å². The fourth-order valence-corrected chi connectivity index (χ4v) is 4.63. The molecule has 0 amide bonds. The van der Waals surface area contributed by atoms with E-state index in [-0.39, 0.29) is 0 Å². The van der Waals surface area contributed by atoms with Crippen molar-refractivity contribution in [3.8, 4) is 11.5 Å². The molecule has 0 radical (unpaired) electrons. The Bertz CT molecular complexity index is 1390. The fraction of sp³-hybridized carbons (Fsp3) is 0.269. The summed E-state index contributed by atoms with van der Waals surface area (Å²) in [4.78, 5) is 18.3. The third-order valence-corrected chi connectivity index (χ3v) is 6.49. The van der Waals surface area contributed by atoms with Crippen molar-refractivity contribution >= 4 is 33.9 Å². The first-order valence-corrected chi connectivity index (χ1v) is 11.7. The van der Waals surface area contributed by atoms with Gasteiger partial charge in [0.2, 0.25) is 6.79 Å². The van der Waals surface area contributed by atoms with Crippen LogP contribution < -0.4 is 25.4 Å². The molecule has 0 unspecified atom stereocenters. The van der Waals surface area contributed by atoms with Crippen molar-refractivity contribution < 1.29 is 9.47 Å². The lowest BCUT2D eigenvalue weighted by Gasteiger charge is -2.36. The molecule has 2 aromatic heterocycles. The molecule has 0 spiro atoms. The third-order valence-electron chi connectivity index (χ3n) is 6.49. The molecule has 0 atom stereocenters. The fourth-order valence-electron chi connectivity index (χ4n) is 4.63. The van der Waals surface area contributed by atoms with Crippen LogP contribution in [0.1, 0.15) is 11.3 Å².